The van der Waals surface area contributed by atoms with Crippen LogP contribution < -0.4 is 11.1 Å². The number of aromatic nitrogens is 2. The van der Waals surface area contributed by atoms with Gasteiger partial charge in [-0.15, -0.1) is 0 Å². The first kappa shape index (κ1) is 19.6. The summed E-state index contributed by atoms with van der Waals surface area (Å²) < 4.78 is 31.3. The number of hydrogen-bond acceptors (Lipinski definition) is 5. The lowest BCUT2D eigenvalue weighted by atomic mass is 10.1. The molecule has 0 saturated carbocycles. The van der Waals surface area contributed by atoms with Crippen LogP contribution in [0.5, 0.6) is 0 Å². The minimum Gasteiger partial charge on any atom is -0.382 e. The average Bonchev–Trinajstić information content (AvgIpc) is 3.11. The molecule has 0 unspecified atom stereocenters. The number of rotatable bonds is 6. The number of nitrogens with zero attached hydrogens (tertiary/aromatic N) is 3. The third kappa shape index (κ3) is 4.97. The van der Waals surface area contributed by atoms with Gasteiger partial charge >= 0.3 is 0 Å². The van der Waals surface area contributed by atoms with Crippen LogP contribution in [0.25, 0.3) is 0 Å². The first-order valence-electron chi connectivity index (χ1n) is 8.09. The molecule has 7 nitrogen and oxygen atoms in total. The van der Waals surface area contributed by atoms with Gasteiger partial charge in [0.1, 0.15) is 11.6 Å². The molecule has 10 heteroatoms. The Kier molecular flexibility index (Phi) is 6.09. The van der Waals surface area contributed by atoms with E-state index in [1.54, 1.807) is 12.1 Å². The maximum absolute atomic E-state index is 13.3. The molecule has 1 aromatic heterocycles. The molecule has 0 saturated heterocycles. The zero-order valence-electron chi connectivity index (χ0n) is 14.3. The van der Waals surface area contributed by atoms with Crippen molar-refractivity contribution in [2.24, 2.45) is 10.7 Å². The van der Waals surface area contributed by atoms with Crippen LogP contribution in [0.4, 0.5) is 20.3 Å². The van der Waals surface area contributed by atoms with Gasteiger partial charge in [-0.25, -0.2) is 18.4 Å². The molecule has 0 spiro atoms. The van der Waals surface area contributed by atoms with Crippen molar-refractivity contribution in [1.29, 1.82) is 0 Å². The topological polar surface area (TPSA) is 106 Å². The molecule has 28 heavy (non-hydrogen) atoms. The van der Waals surface area contributed by atoms with Crippen LogP contribution in [0, 0.1) is 11.6 Å². The quantitative estimate of drug-likeness (QED) is 0.440. The van der Waals surface area contributed by atoms with Crippen molar-refractivity contribution in [2.75, 3.05) is 5.32 Å². The molecule has 0 radical (unpaired) electrons. The number of nitrogens with two attached hydrogens (primary N) is 1. The number of amidine groups is 1. The lowest BCUT2D eigenvalue weighted by molar-refractivity contribution is -0.116. The predicted octanol–water partition coefficient (Wildman–Crippen LogP) is 3.72. The molecule has 0 atom stereocenters. The number of amides is 1. The number of carbonyl (C=O) groups excluding carboxylic acids is 1. The van der Waals surface area contributed by atoms with Gasteiger partial charge in [0.15, 0.2) is 11.5 Å². The largest absolute Gasteiger partial charge is 0.382 e. The molecule has 2 aromatic carbocycles. The lowest BCUT2D eigenvalue weighted by Gasteiger charge is -2.04. The smallest absolute Gasteiger partial charge is 0.226 e. The van der Waals surface area contributed by atoms with Crippen LogP contribution >= 0.6 is 15.9 Å². The number of nitrogens with one attached hydrogen (secondary N) is 1. The molecule has 3 N–H and O–H groups in total. The Balaban J connectivity index is 1.68. The van der Waals surface area contributed by atoms with Crippen LogP contribution in [-0.4, -0.2) is 22.1 Å². The van der Waals surface area contributed by atoms with Gasteiger partial charge < -0.3 is 11.1 Å². The molecule has 3 aromatic rings. The van der Waals surface area contributed by atoms with E-state index in [4.69, 9.17) is 5.73 Å². The predicted molar refractivity (Wildman–Crippen MR) is 102 cm³/mol. The molecule has 0 fully saturated rings. The Hall–Kier alpha value is -3.14. The SMILES string of the molecule is NC(=Nc1ccc(F)c(Br)c1)c1nonc1NC(=O)CCc1cccc(F)c1. The molecule has 0 bridgehead atoms. The summed E-state index contributed by atoms with van der Waals surface area (Å²) in [7, 11) is 0. The summed E-state index contributed by atoms with van der Waals surface area (Å²) in [6, 6.07) is 10.1. The van der Waals surface area contributed by atoms with Gasteiger partial charge in [-0.05, 0) is 68.6 Å². The Bertz CT molecular complexity index is 1040. The number of aliphatic imine (C=N–C) groups is 1. The number of halogens is 3. The van der Waals surface area contributed by atoms with Crippen molar-refractivity contribution in [3.05, 3.63) is 69.8 Å². The fraction of sp³-hybridized carbons (Fsp3) is 0.111. The maximum atomic E-state index is 13.3. The Morgan fingerprint density at radius 3 is 2.79 bits per heavy atom. The van der Waals surface area contributed by atoms with Crippen LogP contribution in [0.1, 0.15) is 17.7 Å². The van der Waals surface area contributed by atoms with Gasteiger partial charge in [-0.1, -0.05) is 12.1 Å². The first-order valence-corrected chi connectivity index (χ1v) is 8.88. The second-order valence-electron chi connectivity index (χ2n) is 5.73. The molecule has 1 amide bonds. The van der Waals surface area contributed by atoms with Gasteiger partial charge in [-0.2, -0.15) is 0 Å². The van der Waals surface area contributed by atoms with Crippen LogP contribution in [-0.2, 0) is 11.2 Å². The van der Waals surface area contributed by atoms with E-state index < -0.39 is 5.82 Å². The number of hydrogen-bond donors (Lipinski definition) is 2. The van der Waals surface area contributed by atoms with E-state index >= 15 is 0 Å². The van der Waals surface area contributed by atoms with Crippen molar-refractivity contribution < 1.29 is 18.2 Å². The molecule has 0 aliphatic heterocycles. The van der Waals surface area contributed by atoms with Crippen molar-refractivity contribution in [1.82, 2.24) is 10.3 Å². The number of aryl methyl sites for hydroxylation is 1. The van der Waals surface area contributed by atoms with Crippen molar-refractivity contribution in [3.63, 3.8) is 0 Å². The summed E-state index contributed by atoms with van der Waals surface area (Å²) in [6.45, 7) is 0. The van der Waals surface area contributed by atoms with Gasteiger partial charge in [0, 0.05) is 6.42 Å². The van der Waals surface area contributed by atoms with Gasteiger partial charge in [0.2, 0.25) is 11.7 Å². The summed E-state index contributed by atoms with van der Waals surface area (Å²) in [5.41, 5.74) is 7.01. The summed E-state index contributed by atoms with van der Waals surface area (Å²) in [5, 5.41) is 9.79. The summed E-state index contributed by atoms with van der Waals surface area (Å²) >= 11 is 3.06. The number of carbonyl (C=O) groups is 1. The average molecular weight is 450 g/mol. The maximum Gasteiger partial charge on any atom is 0.226 e. The lowest BCUT2D eigenvalue weighted by Crippen LogP contribution is -2.19. The van der Waals surface area contributed by atoms with E-state index in [1.165, 1.54) is 30.3 Å². The molecule has 3 rings (SSSR count). The second-order valence-corrected chi connectivity index (χ2v) is 6.59. The van der Waals surface area contributed by atoms with Gasteiger partial charge in [0.05, 0.1) is 10.2 Å². The number of benzene rings is 2. The molecule has 0 aliphatic carbocycles. The Morgan fingerprint density at radius 2 is 2.04 bits per heavy atom. The minimum atomic E-state index is -0.438. The minimum absolute atomic E-state index is 0.00618. The standard InChI is InChI=1S/C18H14BrF2N5O2/c19-13-9-12(5-6-14(13)21)23-17(22)16-18(26-28-25-16)24-15(27)7-4-10-2-1-3-11(20)8-10/h1-3,5-6,8-9H,4,7H2,(H2,22,23)(H,24,26,27). The highest BCUT2D eigenvalue weighted by molar-refractivity contribution is 9.10. The fourth-order valence-corrected chi connectivity index (χ4v) is 2.70. The molecule has 1 heterocycles. The molecular weight excluding hydrogens is 436 g/mol. The summed E-state index contributed by atoms with van der Waals surface area (Å²) in [5.74, 6) is -1.24. The highest BCUT2D eigenvalue weighted by Gasteiger charge is 2.17. The monoisotopic (exact) mass is 449 g/mol. The van der Waals surface area contributed by atoms with Gasteiger partial charge in [-0.3, -0.25) is 4.79 Å². The van der Waals surface area contributed by atoms with E-state index in [0.717, 1.165) is 0 Å². The first-order chi connectivity index (χ1) is 13.4. The van der Waals surface area contributed by atoms with E-state index in [2.05, 4.69) is 41.2 Å². The van der Waals surface area contributed by atoms with Crippen molar-refractivity contribution >= 4 is 39.2 Å². The van der Waals surface area contributed by atoms with Crippen LogP contribution in [0.15, 0.2) is 56.6 Å². The number of anilines is 1. The fourth-order valence-electron chi connectivity index (χ4n) is 2.33. The van der Waals surface area contributed by atoms with E-state index in [1.807, 2.05) is 0 Å². The Labute approximate surface area is 166 Å². The van der Waals surface area contributed by atoms with E-state index in [0.29, 0.717) is 17.7 Å². The Morgan fingerprint density at radius 1 is 1.21 bits per heavy atom. The third-order valence-electron chi connectivity index (χ3n) is 3.67. The highest BCUT2D eigenvalue weighted by atomic mass is 79.9. The summed E-state index contributed by atoms with van der Waals surface area (Å²) in [4.78, 5) is 16.3. The zero-order chi connectivity index (χ0) is 20.1. The second kappa shape index (κ2) is 8.70. The highest BCUT2D eigenvalue weighted by Crippen LogP contribution is 2.23. The normalized spacial score (nSPS) is 11.5. The van der Waals surface area contributed by atoms with Crippen molar-refractivity contribution in [2.45, 2.75) is 12.8 Å². The summed E-state index contributed by atoms with van der Waals surface area (Å²) in [6.07, 6.45) is 0.440. The van der Waals surface area contributed by atoms with E-state index in [9.17, 15) is 13.6 Å². The van der Waals surface area contributed by atoms with Gasteiger partial charge in [0.25, 0.3) is 0 Å². The van der Waals surface area contributed by atoms with E-state index in [-0.39, 0.29) is 40.0 Å². The third-order valence-corrected chi connectivity index (χ3v) is 4.28. The molecule has 144 valence electrons. The van der Waals surface area contributed by atoms with Crippen LogP contribution in [0.2, 0.25) is 0 Å². The van der Waals surface area contributed by atoms with Crippen molar-refractivity contribution in [3.8, 4) is 0 Å². The van der Waals surface area contributed by atoms with Crippen LogP contribution in [0.3, 0.4) is 0 Å². The zero-order valence-corrected chi connectivity index (χ0v) is 15.9. The molecular formula is C18H14BrF2N5O2. The molecule has 0 aliphatic rings.